The molecule has 0 bridgehead atoms. The Morgan fingerprint density at radius 1 is 0.909 bits per heavy atom. The third-order valence-electron chi connectivity index (χ3n) is 4.99. The molecule has 3 aromatic rings. The van der Waals surface area contributed by atoms with Crippen LogP contribution in [0.25, 0.3) is 0 Å². The van der Waals surface area contributed by atoms with Gasteiger partial charge in [0.1, 0.15) is 17.6 Å². The number of thiocarbonyl (C=S) groups is 1. The van der Waals surface area contributed by atoms with E-state index in [1.165, 1.54) is 23.3 Å². The van der Waals surface area contributed by atoms with Gasteiger partial charge in [-0.15, -0.1) is 13.2 Å². The van der Waals surface area contributed by atoms with Crippen molar-refractivity contribution in [2.75, 3.05) is 5.32 Å². The lowest BCUT2D eigenvalue weighted by Crippen LogP contribution is -2.34. The van der Waals surface area contributed by atoms with Crippen LogP contribution in [0, 0.1) is 0 Å². The monoisotopic (exact) mass is 472 g/mol. The second-order valence-electron chi connectivity index (χ2n) is 7.43. The van der Waals surface area contributed by atoms with Gasteiger partial charge < -0.3 is 14.8 Å². The zero-order valence-corrected chi connectivity index (χ0v) is 18.0. The highest BCUT2D eigenvalue weighted by atomic mass is 32.1. The second kappa shape index (κ2) is 9.50. The first-order chi connectivity index (χ1) is 15.7. The van der Waals surface area contributed by atoms with E-state index >= 15 is 0 Å². The molecule has 0 saturated carbocycles. The maximum Gasteiger partial charge on any atom is 0.573 e. The summed E-state index contributed by atoms with van der Waals surface area (Å²) in [5, 5.41) is 5.45. The molecule has 4 rings (SSSR count). The number of hydrogen-bond donors (Lipinski definition) is 2. The zero-order valence-electron chi connectivity index (χ0n) is 17.2. The minimum atomic E-state index is -4.80. The summed E-state index contributed by atoms with van der Waals surface area (Å²) < 4.78 is 46.6. The van der Waals surface area contributed by atoms with Gasteiger partial charge in [0.2, 0.25) is 0 Å². The van der Waals surface area contributed by atoms with Crippen molar-refractivity contribution >= 4 is 28.9 Å². The standard InChI is InChI=1S/C24H19F3N2O3S/c25-24(26,27)32-19-10-8-15(9-11-19)22(30)29-23(33)28-18-6-3-7-20(14-18)31-21-12-16-4-1-2-5-17(16)13-21/h1-11,14,21H,12-13H2,(H2,28,29,30,33). The lowest BCUT2D eigenvalue weighted by atomic mass is 10.1. The molecule has 0 atom stereocenters. The van der Waals surface area contributed by atoms with Crippen molar-refractivity contribution in [3.8, 4) is 11.5 Å². The van der Waals surface area contributed by atoms with E-state index < -0.39 is 18.0 Å². The molecule has 3 aromatic carbocycles. The van der Waals surface area contributed by atoms with E-state index in [2.05, 4.69) is 27.5 Å². The molecule has 1 aliphatic rings. The maximum absolute atomic E-state index is 12.3. The van der Waals surface area contributed by atoms with Crippen LogP contribution < -0.4 is 20.1 Å². The van der Waals surface area contributed by atoms with Gasteiger partial charge in [0.15, 0.2) is 5.11 Å². The first-order valence-electron chi connectivity index (χ1n) is 10.1. The molecule has 0 saturated heterocycles. The van der Waals surface area contributed by atoms with Crippen molar-refractivity contribution in [1.29, 1.82) is 0 Å². The summed E-state index contributed by atoms with van der Waals surface area (Å²) in [5.74, 6) is -0.309. The molecule has 0 aromatic heterocycles. The first kappa shape index (κ1) is 22.6. The Balaban J connectivity index is 1.31. The smallest absolute Gasteiger partial charge is 0.490 e. The number of hydrogen-bond acceptors (Lipinski definition) is 4. The molecule has 0 fully saturated rings. The second-order valence-corrected chi connectivity index (χ2v) is 7.83. The molecule has 2 N–H and O–H groups in total. The summed E-state index contributed by atoms with van der Waals surface area (Å²) in [6, 6.07) is 20.0. The van der Waals surface area contributed by atoms with Crippen LogP contribution in [-0.4, -0.2) is 23.5 Å². The van der Waals surface area contributed by atoms with E-state index in [1.807, 2.05) is 24.3 Å². The van der Waals surface area contributed by atoms with Gasteiger partial charge >= 0.3 is 6.36 Å². The molecule has 1 amide bonds. The largest absolute Gasteiger partial charge is 0.573 e. The van der Waals surface area contributed by atoms with Gasteiger partial charge in [-0.3, -0.25) is 10.1 Å². The van der Waals surface area contributed by atoms with E-state index in [1.54, 1.807) is 12.1 Å². The highest BCUT2D eigenvalue weighted by Gasteiger charge is 2.31. The van der Waals surface area contributed by atoms with Crippen LogP contribution in [0.5, 0.6) is 11.5 Å². The normalized spacial score (nSPS) is 13.2. The predicted octanol–water partition coefficient (Wildman–Crippen LogP) is 5.26. The van der Waals surface area contributed by atoms with E-state index in [9.17, 15) is 18.0 Å². The molecule has 0 unspecified atom stereocenters. The van der Waals surface area contributed by atoms with Crippen molar-refractivity contribution in [2.45, 2.75) is 25.3 Å². The van der Waals surface area contributed by atoms with Crippen molar-refractivity contribution in [3.63, 3.8) is 0 Å². The van der Waals surface area contributed by atoms with Crippen LogP contribution in [0.3, 0.4) is 0 Å². The van der Waals surface area contributed by atoms with Crippen LogP contribution in [0.2, 0.25) is 0 Å². The molecule has 9 heteroatoms. The number of benzene rings is 3. The molecule has 1 aliphatic carbocycles. The number of fused-ring (bicyclic) bond motifs is 1. The van der Waals surface area contributed by atoms with E-state index in [4.69, 9.17) is 17.0 Å². The fraction of sp³-hybridized carbons (Fsp3) is 0.167. The Morgan fingerprint density at radius 2 is 1.58 bits per heavy atom. The summed E-state index contributed by atoms with van der Waals surface area (Å²) in [6.45, 7) is 0. The van der Waals surface area contributed by atoms with Crippen LogP contribution in [0.4, 0.5) is 18.9 Å². The van der Waals surface area contributed by atoms with Crippen LogP contribution in [0.1, 0.15) is 21.5 Å². The van der Waals surface area contributed by atoms with Gasteiger partial charge in [-0.1, -0.05) is 30.3 Å². The average Bonchev–Trinajstić information content (AvgIpc) is 3.15. The lowest BCUT2D eigenvalue weighted by Gasteiger charge is -2.15. The van der Waals surface area contributed by atoms with Gasteiger partial charge in [0.05, 0.1) is 0 Å². The van der Waals surface area contributed by atoms with Crippen LogP contribution in [-0.2, 0) is 12.8 Å². The minimum Gasteiger partial charge on any atom is -0.490 e. The molecule has 0 spiro atoms. The highest BCUT2D eigenvalue weighted by molar-refractivity contribution is 7.80. The molecule has 170 valence electrons. The van der Waals surface area contributed by atoms with E-state index in [0.29, 0.717) is 11.4 Å². The van der Waals surface area contributed by atoms with Gasteiger partial charge in [-0.05, 0) is 59.7 Å². The Bertz CT molecular complexity index is 1140. The zero-order chi connectivity index (χ0) is 23.4. The van der Waals surface area contributed by atoms with E-state index in [-0.39, 0.29) is 16.8 Å². The van der Waals surface area contributed by atoms with Crippen molar-refractivity contribution < 1.29 is 27.4 Å². The van der Waals surface area contributed by atoms with E-state index in [0.717, 1.165) is 25.0 Å². The van der Waals surface area contributed by atoms with Gasteiger partial charge in [-0.25, -0.2) is 0 Å². The topological polar surface area (TPSA) is 59.6 Å². The van der Waals surface area contributed by atoms with Gasteiger partial charge in [0.25, 0.3) is 5.91 Å². The first-order valence-corrected chi connectivity index (χ1v) is 10.5. The number of carbonyl (C=O) groups excluding carboxylic acids is 1. The number of halogens is 3. The number of anilines is 1. The lowest BCUT2D eigenvalue weighted by molar-refractivity contribution is -0.274. The Kier molecular flexibility index (Phi) is 6.50. The summed E-state index contributed by atoms with van der Waals surface area (Å²) in [6.07, 6.45) is -3.06. The minimum absolute atomic E-state index is 0.0426. The molecule has 0 radical (unpaired) electrons. The van der Waals surface area contributed by atoms with Crippen molar-refractivity contribution in [1.82, 2.24) is 5.32 Å². The molecule has 33 heavy (non-hydrogen) atoms. The number of alkyl halides is 3. The number of nitrogens with one attached hydrogen (secondary N) is 2. The molecule has 5 nitrogen and oxygen atoms in total. The SMILES string of the molecule is O=C(NC(=S)Nc1cccc(OC2Cc3ccccc3C2)c1)c1ccc(OC(F)(F)F)cc1. The molecule has 0 aliphatic heterocycles. The predicted molar refractivity (Wildman–Crippen MR) is 122 cm³/mol. The fourth-order valence-corrected chi connectivity index (χ4v) is 3.80. The molecule has 0 heterocycles. The summed E-state index contributed by atoms with van der Waals surface area (Å²) in [4.78, 5) is 12.3. The average molecular weight is 472 g/mol. The number of amides is 1. The molecular formula is C24H19F3N2O3S. The Hall–Kier alpha value is -3.59. The van der Waals surface area contributed by atoms with Gasteiger partial charge in [0, 0.05) is 30.2 Å². The Labute approximate surface area is 193 Å². The third-order valence-corrected chi connectivity index (χ3v) is 5.19. The third kappa shape index (κ3) is 6.23. The maximum atomic E-state index is 12.3. The van der Waals surface area contributed by atoms with Crippen LogP contribution in [0.15, 0.2) is 72.8 Å². The number of ether oxygens (including phenoxy) is 2. The van der Waals surface area contributed by atoms with Gasteiger partial charge in [-0.2, -0.15) is 0 Å². The summed E-state index contributed by atoms with van der Waals surface area (Å²) >= 11 is 5.19. The molecular weight excluding hydrogens is 453 g/mol. The fourth-order valence-electron chi connectivity index (χ4n) is 3.59. The highest BCUT2D eigenvalue weighted by Crippen LogP contribution is 2.27. The number of rotatable bonds is 5. The Morgan fingerprint density at radius 3 is 2.21 bits per heavy atom. The number of carbonyl (C=O) groups is 1. The quantitative estimate of drug-likeness (QED) is 0.497. The van der Waals surface area contributed by atoms with Crippen molar-refractivity contribution in [3.05, 3.63) is 89.5 Å². The van der Waals surface area contributed by atoms with Crippen molar-refractivity contribution in [2.24, 2.45) is 0 Å². The van der Waals surface area contributed by atoms with Crippen LogP contribution >= 0.6 is 12.2 Å². The summed E-state index contributed by atoms with van der Waals surface area (Å²) in [5.41, 5.74) is 3.34. The summed E-state index contributed by atoms with van der Waals surface area (Å²) in [7, 11) is 0.